The number of nitriles is 1. The van der Waals surface area contributed by atoms with Gasteiger partial charge < -0.3 is 14.8 Å². The van der Waals surface area contributed by atoms with Gasteiger partial charge in [0.25, 0.3) is 0 Å². The zero-order valence-corrected chi connectivity index (χ0v) is 14.4. The number of aryl methyl sites for hydroxylation is 1. The van der Waals surface area contributed by atoms with Crippen LogP contribution in [0, 0.1) is 18.3 Å². The van der Waals surface area contributed by atoms with Gasteiger partial charge >= 0.3 is 6.16 Å². The molecule has 1 unspecified atom stereocenters. The first kappa shape index (κ1) is 16.5. The molecule has 1 atom stereocenters. The number of nitrogens with one attached hydrogen (secondary N) is 1. The second-order valence-corrected chi connectivity index (χ2v) is 5.95. The molecule has 1 aromatic carbocycles. The highest BCUT2D eigenvalue weighted by Crippen LogP contribution is 2.40. The fourth-order valence-corrected chi connectivity index (χ4v) is 3.22. The summed E-state index contributed by atoms with van der Waals surface area (Å²) in [5.74, 6) is -0.656. The van der Waals surface area contributed by atoms with Crippen molar-refractivity contribution < 1.29 is 19.1 Å². The molecular weight excluding hydrogens is 350 g/mol. The van der Waals surface area contributed by atoms with Gasteiger partial charge in [0.15, 0.2) is 5.75 Å². The predicted octanol–water partition coefficient (Wildman–Crippen LogP) is 2.14. The predicted molar refractivity (Wildman–Crippen MR) is 92.4 cm³/mol. The first-order valence-corrected chi connectivity index (χ1v) is 7.97. The molecule has 1 N–H and O–H groups in total. The van der Waals surface area contributed by atoms with Crippen LogP contribution in [0.2, 0.25) is 0 Å². The number of rotatable bonds is 2. The Kier molecular flexibility index (Phi) is 3.74. The molecule has 4 rings (SSSR count). The number of anilines is 1. The topological polar surface area (TPSA) is 119 Å². The Balaban J connectivity index is 1.87. The Hall–Kier alpha value is -3.93. The molecule has 1 aliphatic rings. The molecule has 0 fully saturated rings. The van der Waals surface area contributed by atoms with Gasteiger partial charge in [0.1, 0.15) is 12.2 Å². The quantitative estimate of drug-likeness (QED) is 0.693. The van der Waals surface area contributed by atoms with E-state index >= 15 is 0 Å². The summed E-state index contributed by atoms with van der Waals surface area (Å²) in [5, 5.41) is 16.0. The van der Waals surface area contributed by atoms with Crippen LogP contribution in [-0.2, 0) is 9.53 Å². The van der Waals surface area contributed by atoms with Gasteiger partial charge in [-0.15, -0.1) is 0 Å². The summed E-state index contributed by atoms with van der Waals surface area (Å²) >= 11 is 0. The molecule has 134 valence electrons. The number of fused-ring (bicyclic) bond motifs is 2. The summed E-state index contributed by atoms with van der Waals surface area (Å²) in [6.45, 7) is 1.74. The molecule has 0 saturated carbocycles. The van der Waals surface area contributed by atoms with E-state index in [1.54, 1.807) is 25.1 Å². The maximum Gasteiger partial charge on any atom is 0.513 e. The number of benzene rings is 1. The van der Waals surface area contributed by atoms with Crippen molar-refractivity contribution in [2.45, 2.75) is 12.8 Å². The van der Waals surface area contributed by atoms with Gasteiger partial charge in [-0.2, -0.15) is 10.4 Å². The highest BCUT2D eigenvalue weighted by Gasteiger charge is 2.35. The van der Waals surface area contributed by atoms with Gasteiger partial charge in [-0.25, -0.2) is 14.3 Å². The summed E-state index contributed by atoms with van der Waals surface area (Å²) in [6.07, 6.45) is 2.01. The van der Waals surface area contributed by atoms with Crippen molar-refractivity contribution >= 4 is 23.3 Å². The summed E-state index contributed by atoms with van der Waals surface area (Å²) in [7, 11) is 1.22. The minimum atomic E-state index is -0.850. The molecule has 0 radical (unpaired) electrons. The van der Waals surface area contributed by atoms with E-state index in [-0.39, 0.29) is 11.7 Å². The minimum absolute atomic E-state index is 0.253. The maximum absolute atomic E-state index is 12.6. The van der Waals surface area contributed by atoms with Crippen molar-refractivity contribution in [3.63, 3.8) is 0 Å². The minimum Gasteiger partial charge on any atom is -0.437 e. The van der Waals surface area contributed by atoms with E-state index in [1.165, 1.54) is 24.1 Å². The number of hydrogen-bond acceptors (Lipinski definition) is 7. The summed E-state index contributed by atoms with van der Waals surface area (Å²) in [4.78, 5) is 28.4. The third kappa shape index (κ3) is 2.55. The van der Waals surface area contributed by atoms with Crippen molar-refractivity contribution in [2.75, 3.05) is 12.4 Å². The zero-order valence-electron chi connectivity index (χ0n) is 14.4. The lowest BCUT2D eigenvalue weighted by Crippen LogP contribution is -2.16. The van der Waals surface area contributed by atoms with E-state index in [2.05, 4.69) is 26.2 Å². The van der Waals surface area contributed by atoms with E-state index in [4.69, 9.17) is 10.00 Å². The Bertz CT molecular complexity index is 1140. The molecule has 3 aromatic rings. The monoisotopic (exact) mass is 363 g/mol. The first-order valence-electron chi connectivity index (χ1n) is 7.97. The third-order valence-electron chi connectivity index (χ3n) is 4.46. The average molecular weight is 363 g/mol. The Labute approximate surface area is 153 Å². The maximum atomic E-state index is 12.6. The van der Waals surface area contributed by atoms with Crippen molar-refractivity contribution in [3.05, 3.63) is 53.1 Å². The molecule has 0 spiro atoms. The first-order chi connectivity index (χ1) is 13.0. The van der Waals surface area contributed by atoms with Gasteiger partial charge in [0, 0.05) is 11.3 Å². The van der Waals surface area contributed by atoms with E-state index < -0.39 is 12.1 Å². The molecule has 1 aliphatic heterocycles. The fourth-order valence-electron chi connectivity index (χ4n) is 3.22. The Morgan fingerprint density at radius 1 is 1.41 bits per heavy atom. The molecule has 1 amide bonds. The number of nitrogens with zero attached hydrogens (tertiary/aromatic N) is 4. The molecule has 0 saturated heterocycles. The van der Waals surface area contributed by atoms with E-state index in [0.717, 1.165) is 5.56 Å². The lowest BCUT2D eigenvalue weighted by molar-refractivity contribution is -0.116. The number of carbonyl (C=O) groups excluding carboxylic acids is 2. The SMILES string of the molecule is COC(=O)Oc1cn2ncnc(C3C(=O)Nc4cc(C#N)ccc43)c2c1C. The van der Waals surface area contributed by atoms with Crippen molar-refractivity contribution in [1.29, 1.82) is 5.26 Å². The highest BCUT2D eigenvalue weighted by molar-refractivity contribution is 6.06. The largest absolute Gasteiger partial charge is 0.513 e. The van der Waals surface area contributed by atoms with Gasteiger partial charge in [-0.3, -0.25) is 4.79 Å². The number of hydrogen-bond donors (Lipinski definition) is 1. The summed E-state index contributed by atoms with van der Waals surface area (Å²) in [5.41, 5.74) is 3.39. The Morgan fingerprint density at radius 2 is 2.22 bits per heavy atom. The molecule has 2 aromatic heterocycles. The van der Waals surface area contributed by atoms with Crippen molar-refractivity contribution in [3.8, 4) is 11.8 Å². The van der Waals surface area contributed by atoms with E-state index in [0.29, 0.717) is 28.0 Å². The lowest BCUT2D eigenvalue weighted by atomic mass is 9.95. The molecule has 0 bridgehead atoms. The smallest absolute Gasteiger partial charge is 0.437 e. The molecular formula is C18H13N5O4. The molecule has 27 heavy (non-hydrogen) atoms. The molecule has 9 heteroatoms. The normalized spacial score (nSPS) is 15.1. The lowest BCUT2D eigenvalue weighted by Gasteiger charge is -2.10. The van der Waals surface area contributed by atoms with Crippen LogP contribution in [0.4, 0.5) is 10.5 Å². The molecule has 0 aliphatic carbocycles. The van der Waals surface area contributed by atoms with Crippen molar-refractivity contribution in [1.82, 2.24) is 14.6 Å². The number of methoxy groups -OCH3 is 1. The standard InChI is InChI=1S/C18H13N5O4/c1-9-13(27-18(25)26-2)7-23-16(9)15(20-8-21-23)14-11-4-3-10(6-19)5-12(11)22-17(14)24/h3-5,7-8,14H,1-2H3,(H,22,24). The summed E-state index contributed by atoms with van der Waals surface area (Å²) < 4.78 is 11.2. The zero-order chi connectivity index (χ0) is 19.1. The third-order valence-corrected chi connectivity index (χ3v) is 4.46. The van der Waals surface area contributed by atoms with Crippen LogP contribution in [0.3, 0.4) is 0 Å². The second-order valence-electron chi connectivity index (χ2n) is 5.95. The Morgan fingerprint density at radius 3 is 2.96 bits per heavy atom. The molecule has 9 nitrogen and oxygen atoms in total. The average Bonchev–Trinajstić information content (AvgIpc) is 3.17. The van der Waals surface area contributed by atoms with Crippen LogP contribution >= 0.6 is 0 Å². The fraction of sp³-hybridized carbons (Fsp3) is 0.167. The number of ether oxygens (including phenoxy) is 2. The van der Waals surface area contributed by atoms with Crippen molar-refractivity contribution in [2.24, 2.45) is 0 Å². The van der Waals surface area contributed by atoms with Crippen LogP contribution in [0.5, 0.6) is 5.75 Å². The van der Waals surface area contributed by atoms with Gasteiger partial charge in [-0.1, -0.05) is 6.07 Å². The van der Waals surface area contributed by atoms with Crippen LogP contribution < -0.4 is 10.1 Å². The van der Waals surface area contributed by atoms with Crippen LogP contribution in [0.1, 0.15) is 28.3 Å². The second kappa shape index (κ2) is 6.10. The number of carbonyl (C=O) groups is 2. The van der Waals surface area contributed by atoms with Gasteiger partial charge in [-0.05, 0) is 24.6 Å². The highest BCUT2D eigenvalue weighted by atomic mass is 16.7. The summed E-state index contributed by atoms with van der Waals surface area (Å²) in [6, 6.07) is 7.07. The van der Waals surface area contributed by atoms with Crippen LogP contribution in [-0.4, -0.2) is 33.8 Å². The van der Waals surface area contributed by atoms with Gasteiger partial charge in [0.2, 0.25) is 5.91 Å². The number of aromatic nitrogens is 3. The van der Waals surface area contributed by atoms with E-state index in [9.17, 15) is 9.59 Å². The van der Waals surface area contributed by atoms with Crippen LogP contribution in [0.25, 0.3) is 5.52 Å². The van der Waals surface area contributed by atoms with Gasteiger partial charge in [0.05, 0.1) is 36.1 Å². The van der Waals surface area contributed by atoms with Crippen LogP contribution in [0.15, 0.2) is 30.7 Å². The van der Waals surface area contributed by atoms with E-state index in [1.807, 2.05) is 0 Å². The molecule has 3 heterocycles. The number of amides is 1.